The monoisotopic (exact) mass is 363 g/mol. The number of hydrogen-bond acceptors (Lipinski definition) is 5. The van der Waals surface area contributed by atoms with Crippen molar-refractivity contribution < 1.29 is 14.2 Å². The van der Waals surface area contributed by atoms with Gasteiger partial charge in [0.2, 0.25) is 0 Å². The summed E-state index contributed by atoms with van der Waals surface area (Å²) in [5.74, 6) is -0.121. The zero-order valence-corrected chi connectivity index (χ0v) is 15.3. The molecule has 0 aliphatic carbocycles. The van der Waals surface area contributed by atoms with Crippen LogP contribution in [0.4, 0.5) is 10.1 Å². The number of nitrogens with zero attached hydrogens (tertiary/aromatic N) is 2. The summed E-state index contributed by atoms with van der Waals surface area (Å²) >= 11 is 0. The molecule has 5 nitrogen and oxygen atoms in total. The van der Waals surface area contributed by atoms with Crippen molar-refractivity contribution in [2.75, 3.05) is 44.3 Å². The van der Waals surface area contributed by atoms with Gasteiger partial charge in [0.05, 0.1) is 18.4 Å². The van der Waals surface area contributed by atoms with Crippen LogP contribution in [0.3, 0.4) is 0 Å². The highest BCUT2D eigenvalue weighted by molar-refractivity contribution is 5.47. The van der Waals surface area contributed by atoms with E-state index in [0.29, 0.717) is 18.1 Å². The van der Waals surface area contributed by atoms with Gasteiger partial charge in [-0.1, -0.05) is 12.1 Å². The number of nitrogens with one attached hydrogen (secondary N) is 1. The van der Waals surface area contributed by atoms with Crippen LogP contribution in [0.2, 0.25) is 0 Å². The maximum atomic E-state index is 14.0. The molecule has 4 rings (SSSR count). The number of anilines is 1. The van der Waals surface area contributed by atoms with E-state index in [1.54, 1.807) is 12.1 Å². The van der Waals surface area contributed by atoms with Crippen LogP contribution >= 0.6 is 0 Å². The first-order valence-electron chi connectivity index (χ1n) is 9.95. The van der Waals surface area contributed by atoms with E-state index in [1.165, 1.54) is 0 Å². The number of rotatable bonds is 5. The number of benzene rings is 1. The van der Waals surface area contributed by atoms with Crippen LogP contribution in [-0.2, 0) is 4.74 Å². The van der Waals surface area contributed by atoms with Gasteiger partial charge >= 0.3 is 0 Å². The molecule has 3 fully saturated rings. The summed E-state index contributed by atoms with van der Waals surface area (Å²) in [5.41, 5.74) is 0.732. The zero-order chi connectivity index (χ0) is 17.9. The molecule has 2 N–H and O–H groups in total. The summed E-state index contributed by atoms with van der Waals surface area (Å²) in [6.07, 6.45) is 4.16. The number of aliphatic hydroxyl groups excluding tert-OH is 1. The minimum absolute atomic E-state index is 0.121. The van der Waals surface area contributed by atoms with E-state index in [-0.39, 0.29) is 18.5 Å². The highest BCUT2D eigenvalue weighted by Gasteiger charge is 2.38. The Kier molecular flexibility index (Phi) is 5.74. The summed E-state index contributed by atoms with van der Waals surface area (Å²) < 4.78 is 19.8. The van der Waals surface area contributed by atoms with E-state index in [4.69, 9.17) is 9.84 Å². The Morgan fingerprint density at radius 3 is 2.73 bits per heavy atom. The Labute approximate surface area is 155 Å². The topological polar surface area (TPSA) is 48.0 Å². The fourth-order valence-electron chi connectivity index (χ4n) is 4.71. The highest BCUT2D eigenvalue weighted by atomic mass is 19.1. The van der Waals surface area contributed by atoms with Crippen molar-refractivity contribution in [1.82, 2.24) is 10.2 Å². The predicted molar refractivity (Wildman–Crippen MR) is 100.0 cm³/mol. The number of morpholine rings is 1. The zero-order valence-electron chi connectivity index (χ0n) is 15.3. The molecule has 144 valence electrons. The van der Waals surface area contributed by atoms with Crippen LogP contribution in [0.1, 0.15) is 25.7 Å². The van der Waals surface area contributed by atoms with E-state index in [1.807, 2.05) is 12.1 Å². The summed E-state index contributed by atoms with van der Waals surface area (Å²) in [6, 6.07) is 8.61. The van der Waals surface area contributed by atoms with Crippen molar-refractivity contribution in [2.24, 2.45) is 0 Å². The van der Waals surface area contributed by atoms with Gasteiger partial charge in [-0.25, -0.2) is 4.39 Å². The molecule has 0 spiro atoms. The highest BCUT2D eigenvalue weighted by Crippen LogP contribution is 2.27. The van der Waals surface area contributed by atoms with Gasteiger partial charge in [0.1, 0.15) is 5.82 Å². The van der Waals surface area contributed by atoms with E-state index in [2.05, 4.69) is 15.1 Å². The quantitative estimate of drug-likeness (QED) is 0.832. The molecule has 3 heterocycles. The number of hydrogen-bond donors (Lipinski definition) is 2. The van der Waals surface area contributed by atoms with Gasteiger partial charge in [-0.05, 0) is 37.8 Å². The van der Waals surface area contributed by atoms with Gasteiger partial charge in [-0.3, -0.25) is 4.90 Å². The second kappa shape index (κ2) is 8.21. The van der Waals surface area contributed by atoms with Gasteiger partial charge in [0, 0.05) is 50.9 Å². The number of halogens is 1. The number of fused-ring (bicyclic) bond motifs is 1. The molecular formula is C20H30FN3O2. The van der Waals surface area contributed by atoms with E-state index in [0.717, 1.165) is 64.2 Å². The lowest BCUT2D eigenvalue weighted by Gasteiger charge is -2.35. The molecule has 0 radical (unpaired) electrons. The third-order valence-electron chi connectivity index (χ3n) is 6.10. The van der Waals surface area contributed by atoms with Crippen molar-refractivity contribution in [1.29, 1.82) is 0 Å². The third kappa shape index (κ3) is 4.03. The summed E-state index contributed by atoms with van der Waals surface area (Å²) in [6.45, 7) is 4.80. The van der Waals surface area contributed by atoms with E-state index < -0.39 is 0 Å². The molecule has 0 aromatic heterocycles. The molecule has 3 aliphatic heterocycles. The minimum atomic E-state index is -0.121. The van der Waals surface area contributed by atoms with Crippen molar-refractivity contribution >= 4 is 5.69 Å². The molecule has 3 atom stereocenters. The molecule has 6 heteroatoms. The first kappa shape index (κ1) is 18.2. The molecule has 1 aromatic carbocycles. The first-order valence-corrected chi connectivity index (χ1v) is 9.95. The second-order valence-electron chi connectivity index (χ2n) is 7.89. The molecule has 0 saturated carbocycles. The maximum absolute atomic E-state index is 14.0. The Morgan fingerprint density at radius 2 is 1.96 bits per heavy atom. The molecule has 0 unspecified atom stereocenters. The van der Waals surface area contributed by atoms with Crippen LogP contribution in [-0.4, -0.2) is 73.6 Å². The maximum Gasteiger partial charge on any atom is 0.146 e. The Bertz CT molecular complexity index is 594. The summed E-state index contributed by atoms with van der Waals surface area (Å²) in [5, 5.41) is 13.0. The van der Waals surface area contributed by atoms with Gasteiger partial charge in [-0.2, -0.15) is 0 Å². The average molecular weight is 363 g/mol. The summed E-state index contributed by atoms with van der Waals surface area (Å²) in [4.78, 5) is 4.69. The van der Waals surface area contributed by atoms with Crippen LogP contribution in [0.5, 0.6) is 0 Å². The smallest absolute Gasteiger partial charge is 0.146 e. The predicted octanol–water partition coefficient (Wildman–Crippen LogP) is 1.61. The number of ether oxygens (including phenoxy) is 1. The van der Waals surface area contributed by atoms with Gasteiger partial charge in [-0.15, -0.1) is 0 Å². The van der Waals surface area contributed by atoms with Crippen molar-refractivity contribution in [3.63, 3.8) is 0 Å². The summed E-state index contributed by atoms with van der Waals surface area (Å²) in [7, 11) is 0. The van der Waals surface area contributed by atoms with Crippen LogP contribution in [0, 0.1) is 5.82 Å². The first-order chi connectivity index (χ1) is 12.7. The lowest BCUT2D eigenvalue weighted by atomic mass is 10.0. The normalized spacial score (nSPS) is 30.5. The number of piperidine rings is 1. The molecular weight excluding hydrogens is 333 g/mol. The molecule has 3 saturated heterocycles. The van der Waals surface area contributed by atoms with Crippen LogP contribution in [0.25, 0.3) is 0 Å². The third-order valence-corrected chi connectivity index (χ3v) is 6.10. The Morgan fingerprint density at radius 1 is 1.15 bits per heavy atom. The van der Waals surface area contributed by atoms with E-state index >= 15 is 0 Å². The fourth-order valence-corrected chi connectivity index (χ4v) is 4.71. The molecule has 1 aromatic rings. The Balaban J connectivity index is 1.25. The van der Waals surface area contributed by atoms with Crippen molar-refractivity contribution in [2.45, 2.75) is 49.9 Å². The largest absolute Gasteiger partial charge is 0.396 e. The van der Waals surface area contributed by atoms with Crippen LogP contribution in [0.15, 0.2) is 24.3 Å². The minimum Gasteiger partial charge on any atom is -0.396 e. The molecule has 0 amide bonds. The Hall–Kier alpha value is -1.21. The number of aliphatic hydroxyl groups is 1. The van der Waals surface area contributed by atoms with Gasteiger partial charge in [0.15, 0.2) is 0 Å². The van der Waals surface area contributed by atoms with Gasteiger partial charge in [0.25, 0.3) is 0 Å². The average Bonchev–Trinajstić information content (AvgIpc) is 3.05. The van der Waals surface area contributed by atoms with E-state index in [9.17, 15) is 4.39 Å². The SMILES string of the molecule is OCC[C@H]1CN2C[C@H](NC3CCN(c4ccccc4F)CC3)C[C@H]2CO1. The van der Waals surface area contributed by atoms with Gasteiger partial charge < -0.3 is 20.1 Å². The lowest BCUT2D eigenvalue weighted by Crippen LogP contribution is -2.48. The number of para-hydroxylation sites is 1. The lowest BCUT2D eigenvalue weighted by molar-refractivity contribution is -0.0567. The van der Waals surface area contributed by atoms with Crippen LogP contribution < -0.4 is 10.2 Å². The molecule has 3 aliphatic rings. The molecule has 26 heavy (non-hydrogen) atoms. The fraction of sp³-hybridized carbons (Fsp3) is 0.700. The van der Waals surface area contributed by atoms with Crippen molar-refractivity contribution in [3.05, 3.63) is 30.1 Å². The van der Waals surface area contributed by atoms with Crippen molar-refractivity contribution in [3.8, 4) is 0 Å². The molecule has 0 bridgehead atoms. The standard InChI is InChI=1S/C20H30FN3O2/c21-19-3-1-2-4-20(19)23-8-5-15(6-9-23)22-16-11-17-14-26-18(7-10-25)13-24(17)12-16/h1-4,15-18,22,25H,5-14H2/t16-,17+,18+/m1/s1. The second-order valence-corrected chi connectivity index (χ2v) is 7.89.